The minimum Gasteiger partial charge on any atom is -0.389 e. The highest BCUT2D eigenvalue weighted by Crippen LogP contribution is 2.15. The predicted octanol–water partition coefficient (Wildman–Crippen LogP) is 1.27. The van der Waals surface area contributed by atoms with Gasteiger partial charge in [0.15, 0.2) is 0 Å². The van der Waals surface area contributed by atoms with Crippen LogP contribution >= 0.6 is 15.9 Å². The fourth-order valence-corrected chi connectivity index (χ4v) is 1.66. The summed E-state index contributed by atoms with van der Waals surface area (Å²) in [7, 11) is 0. The highest BCUT2D eigenvalue weighted by molar-refractivity contribution is 9.10. The highest BCUT2D eigenvalue weighted by Gasteiger charge is 2.29. The molecular formula is C10H10BrNO2. The van der Waals surface area contributed by atoms with Crippen LogP contribution in [0.3, 0.4) is 0 Å². The molecule has 0 aliphatic carbocycles. The maximum atomic E-state index is 11.7. The molecule has 0 aromatic heterocycles. The Balaban J connectivity index is 2.08. The summed E-state index contributed by atoms with van der Waals surface area (Å²) in [6.45, 7) is 0.907. The van der Waals surface area contributed by atoms with Crippen molar-refractivity contribution in [3.63, 3.8) is 0 Å². The van der Waals surface area contributed by atoms with Crippen LogP contribution in [0.25, 0.3) is 0 Å². The summed E-state index contributed by atoms with van der Waals surface area (Å²) >= 11 is 3.31. The second-order valence-corrected chi connectivity index (χ2v) is 4.29. The van der Waals surface area contributed by atoms with Crippen molar-refractivity contribution in [2.24, 2.45) is 0 Å². The van der Waals surface area contributed by atoms with Crippen LogP contribution in [0.5, 0.6) is 0 Å². The number of amides is 1. The largest absolute Gasteiger partial charge is 0.389 e. The molecule has 1 aromatic carbocycles. The van der Waals surface area contributed by atoms with Crippen LogP contribution in [0.1, 0.15) is 10.4 Å². The van der Waals surface area contributed by atoms with E-state index in [9.17, 15) is 4.79 Å². The van der Waals surface area contributed by atoms with E-state index in [-0.39, 0.29) is 12.0 Å². The number of hydrogen-bond acceptors (Lipinski definition) is 2. The Morgan fingerprint density at radius 1 is 1.36 bits per heavy atom. The van der Waals surface area contributed by atoms with E-state index >= 15 is 0 Å². The molecule has 1 heterocycles. The monoisotopic (exact) mass is 255 g/mol. The number of rotatable bonds is 1. The van der Waals surface area contributed by atoms with Crippen molar-refractivity contribution in [3.8, 4) is 0 Å². The lowest BCUT2D eigenvalue weighted by Gasteiger charge is -2.35. The summed E-state index contributed by atoms with van der Waals surface area (Å²) in [6, 6.07) is 7.22. The van der Waals surface area contributed by atoms with Gasteiger partial charge in [-0.1, -0.05) is 15.9 Å². The molecule has 2 rings (SSSR count). The third-order valence-electron chi connectivity index (χ3n) is 2.24. The van der Waals surface area contributed by atoms with Crippen molar-refractivity contribution < 1.29 is 9.90 Å². The minimum absolute atomic E-state index is 0.0113. The molecule has 0 spiro atoms. The Labute approximate surface area is 90.5 Å². The van der Waals surface area contributed by atoms with Crippen LogP contribution in [-0.4, -0.2) is 35.1 Å². The van der Waals surface area contributed by atoms with E-state index in [1.165, 1.54) is 0 Å². The van der Waals surface area contributed by atoms with Gasteiger partial charge in [-0.05, 0) is 24.3 Å². The minimum atomic E-state index is -0.339. The quantitative estimate of drug-likeness (QED) is 0.821. The Bertz CT molecular complexity index is 344. The molecule has 0 bridgehead atoms. The summed E-state index contributed by atoms with van der Waals surface area (Å²) in [6.07, 6.45) is -0.339. The summed E-state index contributed by atoms with van der Waals surface area (Å²) < 4.78 is 0.956. The average molecular weight is 256 g/mol. The van der Waals surface area contributed by atoms with Gasteiger partial charge in [0.2, 0.25) is 0 Å². The molecule has 0 radical (unpaired) electrons. The molecule has 1 aromatic rings. The zero-order valence-corrected chi connectivity index (χ0v) is 9.07. The van der Waals surface area contributed by atoms with Crippen LogP contribution in [-0.2, 0) is 0 Å². The molecule has 1 aliphatic heterocycles. The molecule has 0 unspecified atom stereocenters. The van der Waals surface area contributed by atoms with Gasteiger partial charge in [-0.15, -0.1) is 0 Å². The molecule has 4 heteroatoms. The smallest absolute Gasteiger partial charge is 0.254 e. The van der Waals surface area contributed by atoms with Crippen LogP contribution in [0.4, 0.5) is 0 Å². The second-order valence-electron chi connectivity index (χ2n) is 3.37. The number of halogens is 1. The normalized spacial score (nSPS) is 16.6. The van der Waals surface area contributed by atoms with Gasteiger partial charge >= 0.3 is 0 Å². The van der Waals surface area contributed by atoms with Crippen molar-refractivity contribution in [2.75, 3.05) is 13.1 Å². The topological polar surface area (TPSA) is 40.5 Å². The SMILES string of the molecule is O=C(c1ccc(Br)cc1)N1CC(O)C1. The van der Waals surface area contributed by atoms with Gasteiger partial charge in [0.1, 0.15) is 0 Å². The lowest BCUT2D eigenvalue weighted by molar-refractivity contribution is 0.00589. The van der Waals surface area contributed by atoms with E-state index in [0.717, 1.165) is 4.47 Å². The van der Waals surface area contributed by atoms with Gasteiger partial charge in [-0.2, -0.15) is 0 Å². The van der Waals surface area contributed by atoms with Gasteiger partial charge in [0.25, 0.3) is 5.91 Å². The number of nitrogens with zero attached hydrogens (tertiary/aromatic N) is 1. The maximum absolute atomic E-state index is 11.7. The van der Waals surface area contributed by atoms with Crippen LogP contribution in [0.15, 0.2) is 28.7 Å². The van der Waals surface area contributed by atoms with Crippen molar-refractivity contribution in [1.82, 2.24) is 4.90 Å². The van der Waals surface area contributed by atoms with Crippen molar-refractivity contribution in [1.29, 1.82) is 0 Å². The fraction of sp³-hybridized carbons (Fsp3) is 0.300. The average Bonchev–Trinajstić information content (AvgIpc) is 2.13. The molecule has 0 atom stereocenters. The number of carbonyl (C=O) groups excluding carboxylic acids is 1. The van der Waals surface area contributed by atoms with Gasteiger partial charge in [0.05, 0.1) is 6.10 Å². The number of carbonyl (C=O) groups is 1. The molecule has 3 nitrogen and oxygen atoms in total. The van der Waals surface area contributed by atoms with E-state index < -0.39 is 0 Å². The zero-order chi connectivity index (χ0) is 10.1. The number of β-amino-alcohol motifs (C(OH)–C–C–N with tert-alkyl or cyclic N) is 1. The number of aliphatic hydroxyl groups is 1. The van der Waals surface area contributed by atoms with Gasteiger partial charge in [-0.3, -0.25) is 4.79 Å². The predicted molar refractivity (Wildman–Crippen MR) is 56.1 cm³/mol. The van der Waals surface area contributed by atoms with Crippen molar-refractivity contribution in [2.45, 2.75) is 6.10 Å². The molecule has 1 amide bonds. The first kappa shape index (κ1) is 9.68. The second kappa shape index (κ2) is 3.71. The van der Waals surface area contributed by atoms with Crippen LogP contribution in [0, 0.1) is 0 Å². The van der Waals surface area contributed by atoms with E-state index in [4.69, 9.17) is 5.11 Å². The fourth-order valence-electron chi connectivity index (χ4n) is 1.40. The first-order valence-corrected chi connectivity index (χ1v) is 5.19. The third-order valence-corrected chi connectivity index (χ3v) is 2.77. The first-order chi connectivity index (χ1) is 6.66. The van der Waals surface area contributed by atoms with Crippen LogP contribution < -0.4 is 0 Å². The molecule has 1 fully saturated rings. The van der Waals surface area contributed by atoms with E-state index in [1.54, 1.807) is 17.0 Å². The molecule has 1 N–H and O–H groups in total. The number of aliphatic hydroxyl groups excluding tert-OH is 1. The van der Waals surface area contributed by atoms with Gasteiger partial charge in [0, 0.05) is 23.1 Å². The maximum Gasteiger partial charge on any atom is 0.254 e. The Morgan fingerprint density at radius 3 is 2.43 bits per heavy atom. The third kappa shape index (κ3) is 1.81. The van der Waals surface area contributed by atoms with E-state index in [1.807, 2.05) is 12.1 Å². The summed E-state index contributed by atoms with van der Waals surface area (Å²) in [4.78, 5) is 13.3. The van der Waals surface area contributed by atoms with Crippen molar-refractivity contribution >= 4 is 21.8 Å². The number of hydrogen-bond donors (Lipinski definition) is 1. The van der Waals surface area contributed by atoms with Crippen molar-refractivity contribution in [3.05, 3.63) is 34.3 Å². The van der Waals surface area contributed by atoms with Gasteiger partial charge < -0.3 is 10.0 Å². The highest BCUT2D eigenvalue weighted by atomic mass is 79.9. The lowest BCUT2D eigenvalue weighted by atomic mass is 10.1. The molecule has 1 aliphatic rings. The summed E-state index contributed by atoms with van der Waals surface area (Å²) in [5.74, 6) is -0.0113. The number of likely N-dealkylation sites (tertiary alicyclic amines) is 1. The Kier molecular flexibility index (Phi) is 2.56. The van der Waals surface area contributed by atoms with Crippen LogP contribution in [0.2, 0.25) is 0 Å². The summed E-state index contributed by atoms with van der Waals surface area (Å²) in [5, 5.41) is 9.06. The molecule has 74 valence electrons. The Hall–Kier alpha value is -0.870. The standard InChI is InChI=1S/C10H10BrNO2/c11-8-3-1-7(2-4-8)10(14)12-5-9(13)6-12/h1-4,9,13H,5-6H2. The molecule has 1 saturated heterocycles. The van der Waals surface area contributed by atoms with E-state index in [2.05, 4.69) is 15.9 Å². The first-order valence-electron chi connectivity index (χ1n) is 4.40. The molecular weight excluding hydrogens is 246 g/mol. The molecule has 0 saturated carbocycles. The lowest BCUT2D eigenvalue weighted by Crippen LogP contribution is -2.53. The Morgan fingerprint density at radius 2 is 1.93 bits per heavy atom. The van der Waals surface area contributed by atoms with Gasteiger partial charge in [-0.25, -0.2) is 0 Å². The zero-order valence-electron chi connectivity index (χ0n) is 7.48. The summed E-state index contributed by atoms with van der Waals surface area (Å²) in [5.41, 5.74) is 0.667. The van der Waals surface area contributed by atoms with E-state index in [0.29, 0.717) is 18.7 Å². The number of benzene rings is 1. The molecule has 14 heavy (non-hydrogen) atoms.